The molecule has 0 unspecified atom stereocenters. The van der Waals surface area contributed by atoms with Crippen molar-refractivity contribution >= 4 is 23.2 Å². The normalized spacial score (nSPS) is 10.8. The van der Waals surface area contributed by atoms with Crippen molar-refractivity contribution in [3.8, 4) is 17.1 Å². The molecule has 3 aromatic rings. The van der Waals surface area contributed by atoms with Gasteiger partial charge in [0.15, 0.2) is 16.8 Å². The van der Waals surface area contributed by atoms with Crippen molar-refractivity contribution < 1.29 is 9.53 Å². The molecule has 0 aliphatic heterocycles. The fourth-order valence-electron chi connectivity index (χ4n) is 3.29. The molecule has 1 heterocycles. The molecule has 0 saturated heterocycles. The summed E-state index contributed by atoms with van der Waals surface area (Å²) in [5.41, 5.74) is 2.89. The molecule has 0 spiro atoms. The highest BCUT2D eigenvalue weighted by molar-refractivity contribution is 7.99. The van der Waals surface area contributed by atoms with E-state index in [0.717, 1.165) is 41.9 Å². The van der Waals surface area contributed by atoms with Gasteiger partial charge in [-0.15, -0.1) is 10.2 Å². The summed E-state index contributed by atoms with van der Waals surface area (Å²) in [4.78, 5) is 14.8. The zero-order chi connectivity index (χ0) is 21.5. The molecule has 6 nitrogen and oxygen atoms in total. The van der Waals surface area contributed by atoms with Crippen LogP contribution in [0.2, 0.25) is 0 Å². The number of carbonyl (C=O) groups is 1. The van der Waals surface area contributed by atoms with Crippen LogP contribution in [0.3, 0.4) is 0 Å². The fourth-order valence-corrected chi connectivity index (χ4v) is 4.19. The second-order valence-electron chi connectivity index (χ2n) is 6.71. The van der Waals surface area contributed by atoms with Gasteiger partial charge in [-0.25, -0.2) is 0 Å². The Hall–Kier alpha value is -2.80. The Kier molecular flexibility index (Phi) is 7.52. The van der Waals surface area contributed by atoms with Gasteiger partial charge in [-0.2, -0.15) is 0 Å². The van der Waals surface area contributed by atoms with Crippen molar-refractivity contribution in [3.05, 3.63) is 54.1 Å². The minimum absolute atomic E-state index is 0.0541. The van der Waals surface area contributed by atoms with E-state index >= 15 is 0 Å². The molecular weight excluding hydrogens is 396 g/mol. The van der Waals surface area contributed by atoms with Crippen LogP contribution in [-0.2, 0) is 6.54 Å². The molecule has 0 N–H and O–H groups in total. The van der Waals surface area contributed by atoms with E-state index in [1.165, 1.54) is 17.4 Å². The van der Waals surface area contributed by atoms with Crippen LogP contribution in [0.15, 0.2) is 53.7 Å². The summed E-state index contributed by atoms with van der Waals surface area (Å²) in [6, 6.07) is 15.6. The van der Waals surface area contributed by atoms with Crippen molar-refractivity contribution in [2.24, 2.45) is 0 Å². The highest BCUT2D eigenvalue weighted by Gasteiger charge is 2.16. The van der Waals surface area contributed by atoms with Crippen LogP contribution in [0, 0.1) is 0 Å². The molecule has 0 aliphatic carbocycles. The zero-order valence-electron chi connectivity index (χ0n) is 18.0. The van der Waals surface area contributed by atoms with Gasteiger partial charge in [0.2, 0.25) is 0 Å². The number of hydrogen-bond donors (Lipinski definition) is 0. The maximum atomic E-state index is 12.5. The molecule has 158 valence electrons. The molecule has 0 bridgehead atoms. The van der Waals surface area contributed by atoms with E-state index < -0.39 is 0 Å². The largest absolute Gasteiger partial charge is 0.497 e. The van der Waals surface area contributed by atoms with Crippen LogP contribution in [-0.4, -0.2) is 46.5 Å². The lowest BCUT2D eigenvalue weighted by Crippen LogP contribution is -2.21. The Bertz CT molecular complexity index is 964. The summed E-state index contributed by atoms with van der Waals surface area (Å²) in [5.74, 6) is 1.92. The molecule has 0 aliphatic rings. The quantitative estimate of drug-likeness (QED) is 0.344. The monoisotopic (exact) mass is 424 g/mol. The predicted octanol–water partition coefficient (Wildman–Crippen LogP) is 4.79. The van der Waals surface area contributed by atoms with E-state index in [4.69, 9.17) is 4.74 Å². The number of rotatable bonds is 10. The lowest BCUT2D eigenvalue weighted by atomic mass is 10.1. The molecule has 0 saturated carbocycles. The Morgan fingerprint density at radius 3 is 2.23 bits per heavy atom. The number of nitrogens with zero attached hydrogens (tertiary/aromatic N) is 4. The summed E-state index contributed by atoms with van der Waals surface area (Å²) in [6.45, 7) is 9.06. The molecular formula is C23H28N4O2S. The molecule has 0 fully saturated rings. The third kappa shape index (κ3) is 4.84. The summed E-state index contributed by atoms with van der Waals surface area (Å²) in [5, 5.41) is 9.49. The molecule has 0 atom stereocenters. The van der Waals surface area contributed by atoms with E-state index in [2.05, 4.69) is 64.7 Å². The Morgan fingerprint density at radius 1 is 1.00 bits per heavy atom. The Morgan fingerprint density at radius 2 is 1.67 bits per heavy atom. The highest BCUT2D eigenvalue weighted by Crippen LogP contribution is 2.26. The highest BCUT2D eigenvalue weighted by atomic mass is 32.2. The van der Waals surface area contributed by atoms with Gasteiger partial charge in [-0.1, -0.05) is 11.8 Å². The van der Waals surface area contributed by atoms with Gasteiger partial charge in [0.1, 0.15) is 5.75 Å². The molecule has 3 rings (SSSR count). The first kappa shape index (κ1) is 21.9. The number of anilines is 1. The van der Waals surface area contributed by atoms with Crippen LogP contribution in [0.25, 0.3) is 11.4 Å². The smallest absolute Gasteiger partial charge is 0.191 e. The van der Waals surface area contributed by atoms with Gasteiger partial charge in [0.05, 0.1) is 12.9 Å². The summed E-state index contributed by atoms with van der Waals surface area (Å²) in [6.07, 6.45) is 0. The maximum absolute atomic E-state index is 12.5. The average Bonchev–Trinajstić information content (AvgIpc) is 3.21. The number of methoxy groups -OCH3 is 1. The van der Waals surface area contributed by atoms with E-state index in [9.17, 15) is 4.79 Å². The first-order valence-corrected chi connectivity index (χ1v) is 11.2. The van der Waals surface area contributed by atoms with Crippen molar-refractivity contribution in [2.45, 2.75) is 32.5 Å². The predicted molar refractivity (Wildman–Crippen MR) is 123 cm³/mol. The topological polar surface area (TPSA) is 60.3 Å². The maximum Gasteiger partial charge on any atom is 0.191 e. The van der Waals surface area contributed by atoms with Gasteiger partial charge in [-0.3, -0.25) is 4.79 Å². The van der Waals surface area contributed by atoms with Crippen molar-refractivity contribution in [3.63, 3.8) is 0 Å². The summed E-state index contributed by atoms with van der Waals surface area (Å²) >= 11 is 1.42. The number of aromatic nitrogens is 3. The van der Waals surface area contributed by atoms with E-state index in [-0.39, 0.29) is 5.78 Å². The minimum atomic E-state index is 0.0541. The summed E-state index contributed by atoms with van der Waals surface area (Å²) < 4.78 is 7.20. The van der Waals surface area contributed by atoms with Crippen LogP contribution in [0.1, 0.15) is 31.1 Å². The Labute approximate surface area is 182 Å². The minimum Gasteiger partial charge on any atom is -0.497 e. The second kappa shape index (κ2) is 10.3. The number of Topliss-reactive ketones (excluding diaryl/α,β-unsaturated/α-hetero) is 1. The van der Waals surface area contributed by atoms with E-state index in [0.29, 0.717) is 11.3 Å². The molecule has 1 aromatic heterocycles. The van der Waals surface area contributed by atoms with Crippen molar-refractivity contribution in [2.75, 3.05) is 30.9 Å². The number of benzene rings is 2. The molecule has 0 amide bonds. The number of ether oxygens (including phenoxy) is 1. The average molecular weight is 425 g/mol. The second-order valence-corrected chi connectivity index (χ2v) is 7.65. The zero-order valence-corrected chi connectivity index (χ0v) is 18.8. The molecule has 2 aromatic carbocycles. The van der Waals surface area contributed by atoms with E-state index in [1.54, 1.807) is 31.4 Å². The van der Waals surface area contributed by atoms with Gasteiger partial charge >= 0.3 is 0 Å². The fraction of sp³-hybridized carbons (Fsp3) is 0.348. The van der Waals surface area contributed by atoms with Crippen LogP contribution < -0.4 is 9.64 Å². The van der Waals surface area contributed by atoms with E-state index in [1.807, 2.05) is 0 Å². The standard InChI is InChI=1S/C23H28N4O2S/c1-5-26(6-2)19-12-8-18(9-13-19)22-24-25-23(27(22)7-3)30-16-21(28)17-10-14-20(29-4)15-11-17/h8-15H,5-7,16H2,1-4H3. The lowest BCUT2D eigenvalue weighted by Gasteiger charge is -2.21. The lowest BCUT2D eigenvalue weighted by molar-refractivity contribution is 0.102. The van der Waals surface area contributed by atoms with Gasteiger partial charge in [-0.05, 0) is 69.3 Å². The molecule has 30 heavy (non-hydrogen) atoms. The Balaban J connectivity index is 1.73. The van der Waals surface area contributed by atoms with Gasteiger partial charge in [0.25, 0.3) is 0 Å². The van der Waals surface area contributed by atoms with Crippen molar-refractivity contribution in [1.29, 1.82) is 0 Å². The third-order valence-electron chi connectivity index (χ3n) is 5.03. The molecule has 7 heteroatoms. The SMILES string of the molecule is CCN(CC)c1ccc(-c2nnc(SCC(=O)c3ccc(OC)cc3)n2CC)cc1. The van der Waals surface area contributed by atoms with Crippen molar-refractivity contribution in [1.82, 2.24) is 14.8 Å². The van der Waals surface area contributed by atoms with Gasteiger partial charge in [0, 0.05) is 36.4 Å². The molecule has 0 radical (unpaired) electrons. The van der Waals surface area contributed by atoms with Crippen LogP contribution >= 0.6 is 11.8 Å². The number of hydrogen-bond acceptors (Lipinski definition) is 6. The summed E-state index contributed by atoms with van der Waals surface area (Å²) in [7, 11) is 1.61. The number of carbonyl (C=O) groups excluding carboxylic acids is 1. The van der Waals surface area contributed by atoms with Crippen LogP contribution in [0.5, 0.6) is 5.75 Å². The first-order chi connectivity index (χ1) is 14.6. The van der Waals surface area contributed by atoms with Gasteiger partial charge < -0.3 is 14.2 Å². The first-order valence-electron chi connectivity index (χ1n) is 10.2. The van der Waals surface area contributed by atoms with Crippen LogP contribution in [0.4, 0.5) is 5.69 Å². The number of ketones is 1. The third-order valence-corrected chi connectivity index (χ3v) is 6.00. The number of thioether (sulfide) groups is 1.